The second-order valence-electron chi connectivity index (χ2n) is 8.22. The molecule has 2 aromatic rings. The SMILES string of the molecule is Cc1cc(C(=O)NC(C)C)c(C)c(C)c1NC(=O)c1ccc(NS(=O)(=O)C(C)C)cc1. The first-order valence-electron chi connectivity index (χ1n) is 10.2. The van der Waals surface area contributed by atoms with E-state index < -0.39 is 15.3 Å². The summed E-state index contributed by atoms with van der Waals surface area (Å²) in [5.41, 5.74) is 4.45. The fourth-order valence-electron chi connectivity index (χ4n) is 3.01. The molecule has 168 valence electrons. The molecule has 0 fully saturated rings. The highest BCUT2D eigenvalue weighted by Gasteiger charge is 2.19. The molecule has 0 heterocycles. The minimum atomic E-state index is -3.45. The molecule has 8 heteroatoms. The summed E-state index contributed by atoms with van der Waals surface area (Å²) in [4.78, 5) is 25.2. The summed E-state index contributed by atoms with van der Waals surface area (Å²) < 4.78 is 26.5. The van der Waals surface area contributed by atoms with Crippen molar-refractivity contribution in [1.29, 1.82) is 0 Å². The lowest BCUT2D eigenvalue weighted by atomic mass is 9.96. The molecule has 3 N–H and O–H groups in total. The van der Waals surface area contributed by atoms with Crippen molar-refractivity contribution in [1.82, 2.24) is 5.32 Å². The number of carbonyl (C=O) groups excluding carboxylic acids is 2. The largest absolute Gasteiger partial charge is 0.350 e. The van der Waals surface area contributed by atoms with Crippen molar-refractivity contribution < 1.29 is 18.0 Å². The fourth-order valence-corrected chi connectivity index (χ4v) is 3.71. The molecule has 0 aliphatic carbocycles. The molecule has 0 radical (unpaired) electrons. The van der Waals surface area contributed by atoms with E-state index in [2.05, 4.69) is 15.4 Å². The highest BCUT2D eigenvalue weighted by atomic mass is 32.2. The predicted molar refractivity (Wildman–Crippen MR) is 125 cm³/mol. The Bertz CT molecular complexity index is 1090. The maximum atomic E-state index is 12.8. The minimum Gasteiger partial charge on any atom is -0.350 e. The van der Waals surface area contributed by atoms with Gasteiger partial charge in [0, 0.05) is 28.5 Å². The summed E-state index contributed by atoms with van der Waals surface area (Å²) in [5.74, 6) is -0.459. The molecule has 0 unspecified atom stereocenters. The molecule has 2 amide bonds. The van der Waals surface area contributed by atoms with Crippen LogP contribution in [-0.2, 0) is 10.0 Å². The van der Waals surface area contributed by atoms with E-state index in [0.717, 1.165) is 16.7 Å². The maximum Gasteiger partial charge on any atom is 0.255 e. The Morgan fingerprint density at radius 2 is 1.45 bits per heavy atom. The molecule has 2 aromatic carbocycles. The van der Waals surface area contributed by atoms with Gasteiger partial charge in [-0.1, -0.05) is 0 Å². The van der Waals surface area contributed by atoms with Gasteiger partial charge in [0.15, 0.2) is 0 Å². The highest BCUT2D eigenvalue weighted by Crippen LogP contribution is 2.27. The summed E-state index contributed by atoms with van der Waals surface area (Å²) >= 11 is 0. The van der Waals surface area contributed by atoms with E-state index >= 15 is 0 Å². The Balaban J connectivity index is 2.24. The number of hydrogen-bond acceptors (Lipinski definition) is 4. The van der Waals surface area contributed by atoms with Gasteiger partial charge in [-0.05, 0) is 95.5 Å². The number of aryl methyl sites for hydroxylation is 1. The predicted octanol–water partition coefficient (Wildman–Crippen LogP) is 4.15. The third-order valence-corrected chi connectivity index (χ3v) is 6.79. The molecule has 0 aliphatic rings. The average Bonchev–Trinajstić information content (AvgIpc) is 2.67. The molecule has 0 atom stereocenters. The van der Waals surface area contributed by atoms with Crippen LogP contribution in [0.25, 0.3) is 0 Å². The lowest BCUT2D eigenvalue weighted by Crippen LogP contribution is -2.31. The van der Waals surface area contributed by atoms with Crippen molar-refractivity contribution in [2.45, 2.75) is 59.8 Å². The standard InChI is InChI=1S/C23H31N3O4S/c1-13(2)24-23(28)20-12-15(5)21(17(7)16(20)6)25-22(27)18-8-10-19(11-9-18)26-31(29,30)14(3)4/h8-14,26H,1-7H3,(H,24,28)(H,25,27). The zero-order valence-corrected chi connectivity index (χ0v) is 19.9. The summed E-state index contributed by atoms with van der Waals surface area (Å²) in [6.45, 7) is 12.6. The smallest absolute Gasteiger partial charge is 0.255 e. The molecule has 0 bridgehead atoms. The van der Waals surface area contributed by atoms with Gasteiger partial charge < -0.3 is 10.6 Å². The second kappa shape index (κ2) is 9.51. The number of nitrogens with one attached hydrogen (secondary N) is 3. The number of carbonyl (C=O) groups is 2. The van der Waals surface area contributed by atoms with E-state index in [1.54, 1.807) is 44.2 Å². The molecule has 0 saturated carbocycles. The van der Waals surface area contributed by atoms with E-state index in [9.17, 15) is 18.0 Å². The van der Waals surface area contributed by atoms with Crippen molar-refractivity contribution in [3.05, 3.63) is 58.1 Å². The number of rotatable bonds is 7. The van der Waals surface area contributed by atoms with Gasteiger partial charge in [0.1, 0.15) is 0 Å². The van der Waals surface area contributed by atoms with Gasteiger partial charge in [0.25, 0.3) is 11.8 Å². The van der Waals surface area contributed by atoms with E-state index in [4.69, 9.17) is 0 Å². The molecule has 0 aromatic heterocycles. The number of hydrogen-bond donors (Lipinski definition) is 3. The summed E-state index contributed by atoms with van der Waals surface area (Å²) in [6, 6.07) is 8.04. The van der Waals surface area contributed by atoms with Gasteiger partial charge >= 0.3 is 0 Å². The quantitative estimate of drug-likeness (QED) is 0.595. The van der Waals surface area contributed by atoms with E-state index in [1.807, 2.05) is 34.6 Å². The van der Waals surface area contributed by atoms with Gasteiger partial charge in [-0.25, -0.2) is 8.42 Å². The van der Waals surface area contributed by atoms with Crippen molar-refractivity contribution in [2.24, 2.45) is 0 Å². The Labute approximate surface area is 184 Å². The van der Waals surface area contributed by atoms with Gasteiger partial charge in [-0.3, -0.25) is 14.3 Å². The molecular weight excluding hydrogens is 414 g/mol. The van der Waals surface area contributed by atoms with Crippen LogP contribution in [0.3, 0.4) is 0 Å². The molecular formula is C23H31N3O4S. The monoisotopic (exact) mass is 445 g/mol. The Morgan fingerprint density at radius 1 is 0.871 bits per heavy atom. The summed E-state index contributed by atoms with van der Waals surface area (Å²) in [5, 5.41) is 5.25. The van der Waals surface area contributed by atoms with Crippen LogP contribution >= 0.6 is 0 Å². The summed E-state index contributed by atoms with van der Waals surface area (Å²) in [6.07, 6.45) is 0. The van der Waals surface area contributed by atoms with Crippen molar-refractivity contribution in [3.8, 4) is 0 Å². The lowest BCUT2D eigenvalue weighted by Gasteiger charge is -2.18. The van der Waals surface area contributed by atoms with E-state index in [1.165, 1.54) is 0 Å². The van der Waals surface area contributed by atoms with Gasteiger partial charge in [0.2, 0.25) is 10.0 Å². The van der Waals surface area contributed by atoms with Crippen molar-refractivity contribution in [2.75, 3.05) is 10.0 Å². The normalized spacial score (nSPS) is 11.5. The number of sulfonamides is 1. The van der Waals surface area contributed by atoms with Gasteiger partial charge in [0.05, 0.1) is 5.25 Å². The molecule has 0 saturated heterocycles. The first kappa shape index (κ1) is 24.4. The van der Waals surface area contributed by atoms with Crippen LogP contribution < -0.4 is 15.4 Å². The Morgan fingerprint density at radius 3 is 1.97 bits per heavy atom. The maximum absolute atomic E-state index is 12.8. The summed E-state index contributed by atoms with van der Waals surface area (Å²) in [7, 11) is -3.45. The number of amides is 2. The second-order valence-corrected chi connectivity index (χ2v) is 10.5. The van der Waals surface area contributed by atoms with Crippen LogP contribution in [0.4, 0.5) is 11.4 Å². The van der Waals surface area contributed by atoms with Gasteiger partial charge in [-0.15, -0.1) is 0 Å². The zero-order valence-electron chi connectivity index (χ0n) is 19.1. The number of benzene rings is 2. The van der Waals surface area contributed by atoms with Crippen LogP contribution in [0.1, 0.15) is 65.1 Å². The zero-order chi connectivity index (χ0) is 23.5. The molecule has 2 rings (SSSR count). The minimum absolute atomic E-state index is 0.0277. The first-order chi connectivity index (χ1) is 14.3. The molecule has 31 heavy (non-hydrogen) atoms. The van der Waals surface area contributed by atoms with Crippen LogP contribution in [0, 0.1) is 20.8 Å². The Hall–Kier alpha value is -2.87. The molecule has 0 spiro atoms. The fraction of sp³-hybridized carbons (Fsp3) is 0.391. The third kappa shape index (κ3) is 5.85. The van der Waals surface area contributed by atoms with E-state index in [0.29, 0.717) is 22.5 Å². The van der Waals surface area contributed by atoms with Crippen LogP contribution in [0.2, 0.25) is 0 Å². The topological polar surface area (TPSA) is 104 Å². The van der Waals surface area contributed by atoms with Crippen LogP contribution in [0.15, 0.2) is 30.3 Å². The van der Waals surface area contributed by atoms with Crippen molar-refractivity contribution in [3.63, 3.8) is 0 Å². The van der Waals surface area contributed by atoms with Gasteiger partial charge in [-0.2, -0.15) is 0 Å². The van der Waals surface area contributed by atoms with Crippen LogP contribution in [0.5, 0.6) is 0 Å². The highest BCUT2D eigenvalue weighted by molar-refractivity contribution is 7.93. The lowest BCUT2D eigenvalue weighted by molar-refractivity contribution is 0.0941. The van der Waals surface area contributed by atoms with Crippen LogP contribution in [-0.4, -0.2) is 31.5 Å². The van der Waals surface area contributed by atoms with Crippen molar-refractivity contribution >= 4 is 33.2 Å². The molecule has 0 aliphatic heterocycles. The number of anilines is 2. The Kier molecular flexibility index (Phi) is 7.49. The van der Waals surface area contributed by atoms with E-state index in [-0.39, 0.29) is 17.9 Å². The first-order valence-corrected chi connectivity index (χ1v) is 11.7. The third-order valence-electron chi connectivity index (χ3n) is 5.03. The average molecular weight is 446 g/mol. The molecule has 7 nitrogen and oxygen atoms in total.